The Balaban J connectivity index is 2.32. The summed E-state index contributed by atoms with van der Waals surface area (Å²) in [5.41, 5.74) is 2.86. The predicted octanol–water partition coefficient (Wildman–Crippen LogP) is 3.43. The standard InChI is InChI=1S/C16H14N2OS/c1-11-3-8-14(20)9-15(11)16(19)18(2)13-6-4-12(10-17)5-7-13/h3-9,20H,1-2H3. The van der Waals surface area contributed by atoms with Gasteiger partial charge < -0.3 is 4.90 Å². The van der Waals surface area contributed by atoms with Gasteiger partial charge in [-0.3, -0.25) is 4.79 Å². The number of nitriles is 1. The van der Waals surface area contributed by atoms with Crippen LogP contribution in [0.1, 0.15) is 21.5 Å². The molecule has 0 aliphatic carbocycles. The highest BCUT2D eigenvalue weighted by Crippen LogP contribution is 2.20. The van der Waals surface area contributed by atoms with Gasteiger partial charge in [-0.05, 0) is 48.9 Å². The number of aryl methyl sites for hydroxylation is 1. The molecule has 0 aromatic heterocycles. The van der Waals surface area contributed by atoms with Gasteiger partial charge in [0.05, 0.1) is 11.6 Å². The molecule has 0 heterocycles. The topological polar surface area (TPSA) is 44.1 Å². The Morgan fingerprint density at radius 2 is 1.85 bits per heavy atom. The third kappa shape index (κ3) is 2.84. The second kappa shape index (κ2) is 5.81. The first-order chi connectivity index (χ1) is 9.52. The summed E-state index contributed by atoms with van der Waals surface area (Å²) in [6.45, 7) is 1.90. The van der Waals surface area contributed by atoms with Crippen molar-refractivity contribution in [2.45, 2.75) is 11.8 Å². The minimum Gasteiger partial charge on any atom is -0.311 e. The van der Waals surface area contributed by atoms with Crippen molar-refractivity contribution in [3.63, 3.8) is 0 Å². The lowest BCUT2D eigenvalue weighted by Crippen LogP contribution is -2.26. The van der Waals surface area contributed by atoms with Crippen LogP contribution in [0.5, 0.6) is 0 Å². The first-order valence-electron chi connectivity index (χ1n) is 6.11. The Hall–Kier alpha value is -2.25. The van der Waals surface area contributed by atoms with Crippen molar-refractivity contribution < 1.29 is 4.79 Å². The Morgan fingerprint density at radius 3 is 2.45 bits per heavy atom. The molecule has 2 aromatic carbocycles. The highest BCUT2D eigenvalue weighted by atomic mass is 32.1. The molecule has 0 radical (unpaired) electrons. The van der Waals surface area contributed by atoms with Gasteiger partial charge in [0, 0.05) is 23.2 Å². The van der Waals surface area contributed by atoms with E-state index in [1.54, 1.807) is 42.3 Å². The van der Waals surface area contributed by atoms with Gasteiger partial charge in [0.1, 0.15) is 0 Å². The minimum atomic E-state index is -0.0943. The summed E-state index contributed by atoms with van der Waals surface area (Å²) in [5.74, 6) is -0.0943. The molecule has 100 valence electrons. The van der Waals surface area contributed by atoms with Crippen LogP contribution >= 0.6 is 12.6 Å². The second-order valence-electron chi connectivity index (χ2n) is 4.52. The molecule has 20 heavy (non-hydrogen) atoms. The zero-order valence-electron chi connectivity index (χ0n) is 11.3. The molecule has 2 aromatic rings. The summed E-state index contributed by atoms with van der Waals surface area (Å²) < 4.78 is 0. The summed E-state index contributed by atoms with van der Waals surface area (Å²) in [4.78, 5) is 14.8. The maximum atomic E-state index is 12.5. The normalized spacial score (nSPS) is 9.90. The maximum absolute atomic E-state index is 12.5. The number of nitrogens with zero attached hydrogens (tertiary/aromatic N) is 2. The van der Waals surface area contributed by atoms with Gasteiger partial charge in [-0.1, -0.05) is 6.07 Å². The molecule has 0 fully saturated rings. The number of rotatable bonds is 2. The molecule has 0 saturated carbocycles. The Kier molecular flexibility index (Phi) is 4.11. The number of thiol groups is 1. The molecule has 0 spiro atoms. The Morgan fingerprint density at radius 1 is 1.20 bits per heavy atom. The predicted molar refractivity (Wildman–Crippen MR) is 82.3 cm³/mol. The number of hydrogen-bond acceptors (Lipinski definition) is 3. The Labute approximate surface area is 123 Å². The lowest BCUT2D eigenvalue weighted by Gasteiger charge is -2.18. The minimum absolute atomic E-state index is 0.0943. The van der Waals surface area contributed by atoms with Crippen LogP contribution in [-0.4, -0.2) is 13.0 Å². The number of benzene rings is 2. The van der Waals surface area contributed by atoms with Gasteiger partial charge >= 0.3 is 0 Å². The van der Waals surface area contributed by atoms with Crippen LogP contribution in [0, 0.1) is 18.3 Å². The van der Waals surface area contributed by atoms with E-state index in [0.717, 1.165) is 16.1 Å². The fourth-order valence-corrected chi connectivity index (χ4v) is 2.10. The molecule has 0 atom stereocenters. The number of hydrogen-bond donors (Lipinski definition) is 1. The molecule has 2 rings (SSSR count). The fourth-order valence-electron chi connectivity index (χ4n) is 1.90. The van der Waals surface area contributed by atoms with Gasteiger partial charge in [-0.15, -0.1) is 12.6 Å². The summed E-state index contributed by atoms with van der Waals surface area (Å²) in [5, 5.41) is 8.78. The van der Waals surface area contributed by atoms with Crippen molar-refractivity contribution in [2.75, 3.05) is 11.9 Å². The second-order valence-corrected chi connectivity index (χ2v) is 5.04. The number of amides is 1. The van der Waals surface area contributed by atoms with Crippen LogP contribution in [0.25, 0.3) is 0 Å². The van der Waals surface area contributed by atoms with E-state index in [2.05, 4.69) is 18.7 Å². The molecular weight excluding hydrogens is 268 g/mol. The van der Waals surface area contributed by atoms with E-state index in [1.165, 1.54) is 0 Å². The van der Waals surface area contributed by atoms with E-state index in [4.69, 9.17) is 5.26 Å². The zero-order chi connectivity index (χ0) is 14.7. The van der Waals surface area contributed by atoms with Crippen molar-refractivity contribution in [3.05, 3.63) is 59.2 Å². The van der Waals surface area contributed by atoms with Gasteiger partial charge in [0.25, 0.3) is 5.91 Å². The molecule has 0 unspecified atom stereocenters. The first-order valence-corrected chi connectivity index (χ1v) is 6.55. The molecule has 0 saturated heterocycles. The van der Waals surface area contributed by atoms with Crippen molar-refractivity contribution >= 4 is 24.2 Å². The van der Waals surface area contributed by atoms with E-state index >= 15 is 0 Å². The third-order valence-electron chi connectivity index (χ3n) is 3.14. The molecule has 1 amide bonds. The fraction of sp³-hybridized carbons (Fsp3) is 0.125. The van der Waals surface area contributed by atoms with Gasteiger partial charge in [-0.25, -0.2) is 0 Å². The molecule has 4 heteroatoms. The average Bonchev–Trinajstić information content (AvgIpc) is 2.48. The zero-order valence-corrected chi connectivity index (χ0v) is 12.2. The molecule has 0 N–H and O–H groups in total. The van der Waals surface area contributed by atoms with Gasteiger partial charge in [0.15, 0.2) is 0 Å². The molecule has 0 bridgehead atoms. The molecule has 0 aliphatic heterocycles. The van der Waals surface area contributed by atoms with Crippen LogP contribution in [-0.2, 0) is 0 Å². The number of carbonyl (C=O) groups is 1. The maximum Gasteiger partial charge on any atom is 0.258 e. The van der Waals surface area contributed by atoms with E-state index in [0.29, 0.717) is 11.1 Å². The summed E-state index contributed by atoms with van der Waals surface area (Å²) in [7, 11) is 1.72. The Bertz CT molecular complexity index is 687. The smallest absolute Gasteiger partial charge is 0.258 e. The van der Waals surface area contributed by atoms with Gasteiger partial charge in [-0.2, -0.15) is 5.26 Å². The van der Waals surface area contributed by atoms with Crippen molar-refractivity contribution in [2.24, 2.45) is 0 Å². The molecule has 0 aliphatic rings. The van der Waals surface area contributed by atoms with Gasteiger partial charge in [0.2, 0.25) is 0 Å². The van der Waals surface area contributed by atoms with Crippen LogP contribution < -0.4 is 4.90 Å². The van der Waals surface area contributed by atoms with Crippen molar-refractivity contribution in [1.29, 1.82) is 5.26 Å². The van der Waals surface area contributed by atoms with E-state index in [9.17, 15) is 4.79 Å². The summed E-state index contributed by atoms with van der Waals surface area (Å²) in [6.07, 6.45) is 0. The highest BCUT2D eigenvalue weighted by molar-refractivity contribution is 7.80. The lowest BCUT2D eigenvalue weighted by atomic mass is 10.1. The third-order valence-corrected chi connectivity index (χ3v) is 3.42. The van der Waals surface area contributed by atoms with Crippen molar-refractivity contribution in [3.8, 4) is 6.07 Å². The number of carbonyl (C=O) groups excluding carboxylic acids is 1. The van der Waals surface area contributed by atoms with E-state index in [1.807, 2.05) is 19.1 Å². The van der Waals surface area contributed by atoms with E-state index in [-0.39, 0.29) is 5.91 Å². The van der Waals surface area contributed by atoms with Crippen LogP contribution in [0.3, 0.4) is 0 Å². The largest absolute Gasteiger partial charge is 0.311 e. The monoisotopic (exact) mass is 282 g/mol. The first kappa shape index (κ1) is 14.2. The summed E-state index contributed by atoms with van der Waals surface area (Å²) in [6, 6.07) is 14.5. The van der Waals surface area contributed by atoms with Crippen LogP contribution in [0.2, 0.25) is 0 Å². The summed E-state index contributed by atoms with van der Waals surface area (Å²) >= 11 is 4.27. The number of anilines is 1. The molecule has 3 nitrogen and oxygen atoms in total. The van der Waals surface area contributed by atoms with Crippen LogP contribution in [0.4, 0.5) is 5.69 Å². The quantitative estimate of drug-likeness (QED) is 0.858. The lowest BCUT2D eigenvalue weighted by molar-refractivity contribution is 0.0992. The van der Waals surface area contributed by atoms with Crippen LogP contribution in [0.15, 0.2) is 47.4 Å². The molecular formula is C16H14N2OS. The van der Waals surface area contributed by atoms with E-state index < -0.39 is 0 Å². The average molecular weight is 282 g/mol. The SMILES string of the molecule is Cc1ccc(S)cc1C(=O)N(C)c1ccc(C#N)cc1. The highest BCUT2D eigenvalue weighted by Gasteiger charge is 2.15. The van der Waals surface area contributed by atoms with Crippen molar-refractivity contribution in [1.82, 2.24) is 0 Å².